The summed E-state index contributed by atoms with van der Waals surface area (Å²) in [6.45, 7) is 14.0. The molecule has 2 aromatic heterocycles. The number of halogens is 1. The summed E-state index contributed by atoms with van der Waals surface area (Å²) in [5.74, 6) is 2.24. The van der Waals surface area contributed by atoms with Crippen LogP contribution in [0, 0.1) is 25.3 Å². The molecule has 186 valence electrons. The number of benzene rings is 1. The molecule has 0 saturated carbocycles. The van der Waals surface area contributed by atoms with Gasteiger partial charge < -0.3 is 19.7 Å². The third kappa shape index (κ3) is 5.06. The Labute approximate surface area is 215 Å². The lowest BCUT2D eigenvalue weighted by Crippen LogP contribution is -2.58. The van der Waals surface area contributed by atoms with E-state index in [-0.39, 0.29) is 17.9 Å². The first-order valence-corrected chi connectivity index (χ1v) is 12.5. The van der Waals surface area contributed by atoms with Gasteiger partial charge in [0.1, 0.15) is 18.2 Å². The predicted molar refractivity (Wildman–Crippen MR) is 138 cm³/mol. The minimum Gasteiger partial charge on any atom is -0.473 e. The Kier molecular flexibility index (Phi) is 7.16. The smallest absolute Gasteiger partial charge is 0.225 e. The molecular weight excluding hydrogens is 478 g/mol. The van der Waals surface area contributed by atoms with Gasteiger partial charge in [0.05, 0.1) is 36.1 Å². The summed E-state index contributed by atoms with van der Waals surface area (Å²) in [6, 6.07) is 5.11. The van der Waals surface area contributed by atoms with Gasteiger partial charge in [-0.3, -0.25) is 0 Å². The molecule has 5 rings (SSSR count). The van der Waals surface area contributed by atoms with Gasteiger partial charge in [-0.25, -0.2) is 24.8 Å². The molecular formula is C26H28ClN7O2. The van der Waals surface area contributed by atoms with Crippen LogP contribution in [0.1, 0.15) is 24.5 Å². The van der Waals surface area contributed by atoms with E-state index in [4.69, 9.17) is 27.6 Å². The summed E-state index contributed by atoms with van der Waals surface area (Å²) in [5.41, 5.74) is 3.10. The van der Waals surface area contributed by atoms with Crippen LogP contribution < -0.4 is 15.0 Å². The van der Waals surface area contributed by atoms with Gasteiger partial charge in [0, 0.05) is 37.3 Å². The van der Waals surface area contributed by atoms with E-state index in [1.165, 1.54) is 6.33 Å². The number of aryl methyl sites for hydroxylation is 1. The molecule has 2 bridgehead atoms. The summed E-state index contributed by atoms with van der Waals surface area (Å²) in [6.07, 6.45) is 7.38. The van der Waals surface area contributed by atoms with Gasteiger partial charge in [-0.1, -0.05) is 31.0 Å². The zero-order valence-electron chi connectivity index (χ0n) is 20.3. The van der Waals surface area contributed by atoms with Crippen LogP contribution in [0.15, 0.2) is 36.9 Å². The maximum absolute atomic E-state index is 7.14. The van der Waals surface area contributed by atoms with Crippen molar-refractivity contribution < 1.29 is 9.47 Å². The predicted octanol–water partition coefficient (Wildman–Crippen LogP) is 5.01. The van der Waals surface area contributed by atoms with Gasteiger partial charge in [-0.2, -0.15) is 0 Å². The first-order chi connectivity index (χ1) is 17.6. The van der Waals surface area contributed by atoms with Crippen LogP contribution in [0.5, 0.6) is 5.88 Å². The number of fused-ring (bicyclic) bond motifs is 2. The van der Waals surface area contributed by atoms with Crippen molar-refractivity contribution in [3.05, 3.63) is 64.5 Å². The summed E-state index contributed by atoms with van der Waals surface area (Å²) in [7, 11) is 0. The summed E-state index contributed by atoms with van der Waals surface area (Å²) >= 11 is 6.35. The molecule has 4 heterocycles. The highest BCUT2D eigenvalue weighted by Crippen LogP contribution is 2.35. The van der Waals surface area contributed by atoms with E-state index in [1.54, 1.807) is 18.2 Å². The van der Waals surface area contributed by atoms with E-state index >= 15 is 0 Å². The lowest BCUT2D eigenvalue weighted by atomic mass is 9.84. The molecule has 2 atom stereocenters. The minimum absolute atomic E-state index is 0.0302. The van der Waals surface area contributed by atoms with Crippen molar-refractivity contribution in [3.8, 4) is 5.88 Å². The van der Waals surface area contributed by atoms with Crippen molar-refractivity contribution in [1.29, 1.82) is 0 Å². The van der Waals surface area contributed by atoms with Crippen LogP contribution in [0.3, 0.4) is 0 Å². The fraction of sp³-hybridized carbons (Fsp3) is 0.423. The van der Waals surface area contributed by atoms with Gasteiger partial charge in [0.2, 0.25) is 11.8 Å². The molecule has 0 spiro atoms. The van der Waals surface area contributed by atoms with E-state index in [0.717, 1.165) is 43.0 Å². The van der Waals surface area contributed by atoms with Crippen LogP contribution in [0.2, 0.25) is 5.02 Å². The first kappa shape index (κ1) is 24.2. The Balaban J connectivity index is 1.31. The van der Waals surface area contributed by atoms with Crippen LogP contribution in [-0.4, -0.2) is 52.3 Å². The Bertz CT molecular complexity index is 1250. The molecule has 10 heteroatoms. The SMILES string of the molecule is [C-]#[N+]c1ccc(Nc2ncnc(OC3C4COCC3CN(c3ncc(CCC)cn3)C4)c2C)c(Cl)c1. The molecule has 36 heavy (non-hydrogen) atoms. The summed E-state index contributed by atoms with van der Waals surface area (Å²) in [5, 5.41) is 3.70. The second-order valence-electron chi connectivity index (χ2n) is 9.24. The van der Waals surface area contributed by atoms with Crippen molar-refractivity contribution in [2.75, 3.05) is 36.5 Å². The van der Waals surface area contributed by atoms with Crippen LogP contribution in [-0.2, 0) is 11.2 Å². The largest absolute Gasteiger partial charge is 0.473 e. The molecule has 2 saturated heterocycles. The summed E-state index contributed by atoms with van der Waals surface area (Å²) < 4.78 is 12.4. The molecule has 9 nitrogen and oxygen atoms in total. The number of piperidine rings is 1. The van der Waals surface area contributed by atoms with Gasteiger partial charge in [0.25, 0.3) is 0 Å². The number of hydrogen-bond acceptors (Lipinski definition) is 8. The molecule has 0 amide bonds. The normalized spacial score (nSPS) is 21.1. The van der Waals surface area contributed by atoms with E-state index in [0.29, 0.717) is 41.3 Å². The Morgan fingerprint density at radius 1 is 1.17 bits per heavy atom. The minimum atomic E-state index is -0.0302. The van der Waals surface area contributed by atoms with Gasteiger partial charge in [-0.05, 0) is 31.0 Å². The molecule has 2 aliphatic heterocycles. The van der Waals surface area contributed by atoms with Crippen LogP contribution >= 0.6 is 11.6 Å². The van der Waals surface area contributed by atoms with Gasteiger partial charge >= 0.3 is 0 Å². The molecule has 2 unspecified atom stereocenters. The third-order valence-corrected chi connectivity index (χ3v) is 6.95. The number of hydrogen-bond donors (Lipinski definition) is 1. The molecule has 2 aliphatic rings. The second-order valence-corrected chi connectivity index (χ2v) is 9.65. The number of ether oxygens (including phenoxy) is 2. The van der Waals surface area contributed by atoms with Gasteiger partial charge in [-0.15, -0.1) is 0 Å². The highest BCUT2D eigenvalue weighted by molar-refractivity contribution is 6.33. The van der Waals surface area contributed by atoms with E-state index in [2.05, 4.69) is 41.9 Å². The molecule has 0 aliphatic carbocycles. The zero-order chi connectivity index (χ0) is 25.1. The number of aromatic nitrogens is 4. The topological polar surface area (TPSA) is 89.7 Å². The fourth-order valence-corrected chi connectivity index (χ4v) is 5.02. The lowest BCUT2D eigenvalue weighted by Gasteiger charge is -2.46. The molecule has 2 fully saturated rings. The highest BCUT2D eigenvalue weighted by Gasteiger charge is 2.43. The third-order valence-electron chi connectivity index (χ3n) is 6.64. The number of anilines is 3. The highest BCUT2D eigenvalue weighted by atomic mass is 35.5. The maximum Gasteiger partial charge on any atom is 0.225 e. The van der Waals surface area contributed by atoms with Crippen molar-refractivity contribution in [2.24, 2.45) is 11.8 Å². The molecule has 1 N–H and O–H groups in total. The number of nitrogens with one attached hydrogen (secondary N) is 1. The van der Waals surface area contributed by atoms with E-state index < -0.39 is 0 Å². The van der Waals surface area contributed by atoms with Gasteiger partial charge in [0.15, 0.2) is 5.69 Å². The first-order valence-electron chi connectivity index (χ1n) is 12.1. The van der Waals surface area contributed by atoms with E-state index in [9.17, 15) is 0 Å². The van der Waals surface area contributed by atoms with Crippen LogP contribution in [0.4, 0.5) is 23.1 Å². The standard InChI is InChI=1S/C26H28ClN7O2/c1-4-5-17-9-29-26(30-10-17)34-11-18-13-35-14-19(12-34)23(18)36-25-16(2)24(31-15-32-25)33-22-7-6-20(28-3)8-21(22)27/h6-10,15,18-19,23H,4-5,11-14H2,1-2H3,(H,31,32,33). The van der Waals surface area contributed by atoms with Crippen molar-refractivity contribution in [1.82, 2.24) is 19.9 Å². The summed E-state index contributed by atoms with van der Waals surface area (Å²) in [4.78, 5) is 23.7. The second kappa shape index (κ2) is 10.6. The number of nitrogens with zero attached hydrogens (tertiary/aromatic N) is 6. The Hall–Kier alpha value is -3.48. The molecule has 3 aromatic rings. The van der Waals surface area contributed by atoms with Crippen molar-refractivity contribution in [2.45, 2.75) is 32.8 Å². The number of rotatable bonds is 7. The lowest BCUT2D eigenvalue weighted by molar-refractivity contribution is -0.0771. The van der Waals surface area contributed by atoms with Crippen LogP contribution in [0.25, 0.3) is 4.85 Å². The van der Waals surface area contributed by atoms with E-state index in [1.807, 2.05) is 19.3 Å². The molecule has 1 aromatic carbocycles. The van der Waals surface area contributed by atoms with Crippen molar-refractivity contribution in [3.63, 3.8) is 0 Å². The van der Waals surface area contributed by atoms with Crippen molar-refractivity contribution >= 4 is 34.7 Å². The zero-order valence-corrected chi connectivity index (χ0v) is 21.1. The quantitative estimate of drug-likeness (QED) is 0.448. The monoisotopic (exact) mass is 505 g/mol. The molecule has 0 radical (unpaired) electrons. The maximum atomic E-state index is 7.14. The average molecular weight is 506 g/mol. The average Bonchev–Trinajstić information content (AvgIpc) is 2.88. The Morgan fingerprint density at radius 3 is 2.58 bits per heavy atom. The Morgan fingerprint density at radius 2 is 1.92 bits per heavy atom. The fourth-order valence-electron chi connectivity index (χ4n) is 4.79.